The molecule has 3 rings (SSSR count). The maximum absolute atomic E-state index is 7.00. The fourth-order valence-corrected chi connectivity index (χ4v) is 2.07. The molecule has 0 aliphatic heterocycles. The lowest BCUT2D eigenvalue weighted by atomic mass is 9.93. The van der Waals surface area contributed by atoms with Gasteiger partial charge in [-0.3, -0.25) is 0 Å². The van der Waals surface area contributed by atoms with Crippen molar-refractivity contribution in [2.24, 2.45) is 0 Å². The summed E-state index contributed by atoms with van der Waals surface area (Å²) in [6.45, 7) is 0. The van der Waals surface area contributed by atoms with E-state index in [-0.39, 0.29) is 7.69 Å². The topological polar surface area (TPSA) is 40.5 Å². The quantitative estimate of drug-likeness (QED) is 0.653. The van der Waals surface area contributed by atoms with Gasteiger partial charge in [-0.25, -0.2) is 0 Å². The summed E-state index contributed by atoms with van der Waals surface area (Å²) in [6, 6.07) is 13.0. The monoisotopic (exact) mass is 211 g/mol. The zero-order valence-electron chi connectivity index (χ0n) is 8.80. The average Bonchev–Trinajstić information content (AvgIpc) is 2.31. The van der Waals surface area contributed by atoms with Crippen molar-refractivity contribution in [3.05, 3.63) is 53.6 Å². The molecular formula is C13H12BO2. The van der Waals surface area contributed by atoms with E-state index in [1.54, 1.807) is 0 Å². The highest BCUT2D eigenvalue weighted by molar-refractivity contribution is 6.13. The molecule has 0 saturated carbocycles. The number of benzene rings is 2. The molecule has 1 radical (unpaired) electrons. The highest BCUT2D eigenvalue weighted by Crippen LogP contribution is 2.27. The lowest BCUT2D eigenvalue weighted by molar-refractivity contribution is 0.448. The summed E-state index contributed by atoms with van der Waals surface area (Å²) < 4.78 is 0. The molecule has 0 heterocycles. The molecule has 16 heavy (non-hydrogen) atoms. The predicted octanol–water partition coefficient (Wildman–Crippen LogP) is 1.91. The molecule has 2 aromatic rings. The van der Waals surface area contributed by atoms with E-state index in [1.807, 2.05) is 0 Å². The van der Waals surface area contributed by atoms with Crippen molar-refractivity contribution in [3.8, 4) is 0 Å². The van der Waals surface area contributed by atoms with Gasteiger partial charge in [0.15, 0.2) is 0 Å². The molecule has 2 nitrogen and oxygen atoms in total. The maximum Gasteiger partial charge on any atom is 0.482 e. The summed E-state index contributed by atoms with van der Waals surface area (Å²) in [5, 5.41) is 16.8. The van der Waals surface area contributed by atoms with Crippen LogP contribution < -0.4 is 0 Å². The molecule has 0 spiro atoms. The SMILES string of the molecule is C1=Cc2cccc3cccc(c23)C1.O[B]O. The van der Waals surface area contributed by atoms with E-state index in [2.05, 4.69) is 48.6 Å². The third-order valence-electron chi connectivity index (χ3n) is 2.66. The molecular weight excluding hydrogens is 199 g/mol. The number of allylic oxidation sites excluding steroid dienone is 1. The Bertz CT molecular complexity index is 515. The number of hydrogen-bond donors (Lipinski definition) is 2. The minimum absolute atomic E-state index is 0. The second-order valence-corrected chi connectivity index (χ2v) is 3.58. The summed E-state index contributed by atoms with van der Waals surface area (Å²) in [4.78, 5) is 0. The predicted molar refractivity (Wildman–Crippen MR) is 66.9 cm³/mol. The van der Waals surface area contributed by atoms with Gasteiger partial charge < -0.3 is 10.0 Å². The molecule has 2 aromatic carbocycles. The molecule has 0 atom stereocenters. The van der Waals surface area contributed by atoms with Crippen LogP contribution in [0.4, 0.5) is 0 Å². The average molecular weight is 211 g/mol. The molecule has 0 fully saturated rings. The van der Waals surface area contributed by atoms with E-state index >= 15 is 0 Å². The Morgan fingerprint density at radius 3 is 2.44 bits per heavy atom. The van der Waals surface area contributed by atoms with Crippen LogP contribution >= 0.6 is 0 Å². The Morgan fingerprint density at radius 2 is 1.69 bits per heavy atom. The summed E-state index contributed by atoms with van der Waals surface area (Å²) >= 11 is 0. The van der Waals surface area contributed by atoms with Crippen molar-refractivity contribution >= 4 is 24.5 Å². The molecule has 79 valence electrons. The molecule has 1 aliphatic carbocycles. The lowest BCUT2D eigenvalue weighted by Gasteiger charge is -2.11. The summed E-state index contributed by atoms with van der Waals surface area (Å²) in [7, 11) is 0. The highest BCUT2D eigenvalue weighted by Gasteiger charge is 2.06. The molecule has 0 bridgehead atoms. The van der Waals surface area contributed by atoms with Crippen molar-refractivity contribution in [1.29, 1.82) is 0 Å². The van der Waals surface area contributed by atoms with Gasteiger partial charge in [-0.1, -0.05) is 48.6 Å². The molecule has 0 unspecified atom stereocenters. The first kappa shape index (κ1) is 10.9. The van der Waals surface area contributed by atoms with Crippen molar-refractivity contribution in [2.75, 3.05) is 0 Å². The van der Waals surface area contributed by atoms with Crippen molar-refractivity contribution in [1.82, 2.24) is 0 Å². The van der Waals surface area contributed by atoms with Crippen LogP contribution in [0.5, 0.6) is 0 Å². The molecule has 1 aliphatic rings. The molecule has 2 N–H and O–H groups in total. The summed E-state index contributed by atoms with van der Waals surface area (Å²) in [5.41, 5.74) is 2.81. The van der Waals surface area contributed by atoms with Gasteiger partial charge >= 0.3 is 7.69 Å². The van der Waals surface area contributed by atoms with Crippen LogP contribution in [0.15, 0.2) is 42.5 Å². The first-order valence-corrected chi connectivity index (χ1v) is 5.14. The Morgan fingerprint density at radius 1 is 1.00 bits per heavy atom. The van der Waals surface area contributed by atoms with E-state index in [4.69, 9.17) is 10.0 Å². The largest absolute Gasteiger partial charge is 0.482 e. The van der Waals surface area contributed by atoms with Gasteiger partial charge in [-0.15, -0.1) is 0 Å². The highest BCUT2D eigenvalue weighted by atomic mass is 16.4. The third-order valence-corrected chi connectivity index (χ3v) is 2.66. The second kappa shape index (κ2) is 4.97. The first-order chi connectivity index (χ1) is 7.86. The van der Waals surface area contributed by atoms with Gasteiger partial charge in [-0.2, -0.15) is 0 Å². The number of hydrogen-bond acceptors (Lipinski definition) is 2. The fraction of sp³-hybridized carbons (Fsp3) is 0.0769. The van der Waals surface area contributed by atoms with Crippen LogP contribution in [0.25, 0.3) is 16.8 Å². The van der Waals surface area contributed by atoms with Crippen LogP contribution in [0.1, 0.15) is 11.1 Å². The Kier molecular flexibility index (Phi) is 3.39. The minimum Gasteiger partial charge on any atom is -0.429 e. The van der Waals surface area contributed by atoms with Gasteiger partial charge in [0.1, 0.15) is 0 Å². The second-order valence-electron chi connectivity index (χ2n) is 3.58. The Labute approximate surface area is 95.2 Å². The van der Waals surface area contributed by atoms with E-state index < -0.39 is 0 Å². The van der Waals surface area contributed by atoms with Crippen molar-refractivity contribution in [2.45, 2.75) is 6.42 Å². The van der Waals surface area contributed by atoms with Gasteiger partial charge in [0, 0.05) is 0 Å². The van der Waals surface area contributed by atoms with E-state index in [9.17, 15) is 0 Å². The van der Waals surface area contributed by atoms with Crippen molar-refractivity contribution in [3.63, 3.8) is 0 Å². The zero-order valence-corrected chi connectivity index (χ0v) is 8.80. The maximum atomic E-state index is 7.00. The fourth-order valence-electron chi connectivity index (χ4n) is 2.07. The first-order valence-electron chi connectivity index (χ1n) is 5.14. The standard InChI is InChI=1S/C13H10.BH2O2/c1-4-10-6-2-8-12-9-3-7-11(5-1)13(10)12;2-1-3/h1-8H,9H2;2-3H. The van der Waals surface area contributed by atoms with E-state index in [0.29, 0.717) is 0 Å². The van der Waals surface area contributed by atoms with Crippen LogP contribution in [0.3, 0.4) is 0 Å². The minimum atomic E-state index is 0. The Hall–Kier alpha value is -1.58. The smallest absolute Gasteiger partial charge is 0.429 e. The van der Waals surface area contributed by atoms with Crippen LogP contribution in [0.2, 0.25) is 0 Å². The van der Waals surface area contributed by atoms with Gasteiger partial charge in [0.05, 0.1) is 0 Å². The van der Waals surface area contributed by atoms with E-state index in [0.717, 1.165) is 6.42 Å². The molecule has 0 aromatic heterocycles. The lowest BCUT2D eigenvalue weighted by Crippen LogP contribution is -1.91. The van der Waals surface area contributed by atoms with Crippen LogP contribution in [-0.2, 0) is 6.42 Å². The van der Waals surface area contributed by atoms with Gasteiger partial charge in [0.25, 0.3) is 0 Å². The summed E-state index contributed by atoms with van der Waals surface area (Å²) in [5.74, 6) is 0. The zero-order chi connectivity index (χ0) is 11.4. The van der Waals surface area contributed by atoms with E-state index in [1.165, 1.54) is 21.9 Å². The Balaban J connectivity index is 0.000000292. The van der Waals surface area contributed by atoms with Crippen LogP contribution in [0, 0.1) is 0 Å². The van der Waals surface area contributed by atoms with Gasteiger partial charge in [-0.05, 0) is 28.3 Å². The van der Waals surface area contributed by atoms with Crippen molar-refractivity contribution < 1.29 is 10.0 Å². The normalized spacial score (nSPS) is 11.9. The molecule has 3 heteroatoms. The number of rotatable bonds is 0. The van der Waals surface area contributed by atoms with Crippen LogP contribution in [-0.4, -0.2) is 17.7 Å². The van der Waals surface area contributed by atoms with Gasteiger partial charge in [0.2, 0.25) is 0 Å². The summed E-state index contributed by atoms with van der Waals surface area (Å²) in [6.07, 6.45) is 5.53. The molecule has 0 saturated heterocycles. The molecule has 0 amide bonds. The third kappa shape index (κ3) is 2.01.